The van der Waals surface area contributed by atoms with E-state index in [9.17, 15) is 42.9 Å². The Balaban J connectivity index is 0.000000219. The molecule has 0 radical (unpaired) electrons. The molecule has 2 aliphatic heterocycles. The lowest BCUT2D eigenvalue weighted by Gasteiger charge is -2.37. The molecule has 12 aromatic carbocycles. The van der Waals surface area contributed by atoms with Gasteiger partial charge in [-0.05, 0) is 164 Å². The Morgan fingerprint density at radius 3 is 1.07 bits per heavy atom. The average molecular weight is 1540 g/mol. The number of Topliss-reactive ketones (excluding diaryl/α,β-unsaturated/α-hetero) is 2. The maximum atomic E-state index is 15.1. The monoisotopic (exact) mass is 1540 g/mol. The second kappa shape index (κ2) is 32.6. The van der Waals surface area contributed by atoms with Gasteiger partial charge in [0.25, 0.3) is 23.6 Å². The molecule has 104 heavy (non-hydrogen) atoms. The van der Waals surface area contributed by atoms with Crippen LogP contribution in [0.2, 0.25) is 0 Å². The van der Waals surface area contributed by atoms with Gasteiger partial charge in [-0.15, -0.1) is 24.0 Å². The van der Waals surface area contributed by atoms with Crippen LogP contribution in [0.3, 0.4) is 0 Å². The molecule has 0 aromatic heterocycles. The third kappa shape index (κ3) is 15.6. The number of hydrogen-bond donors (Lipinski definition) is 2. The number of halogens is 1. The lowest BCUT2D eigenvalue weighted by Crippen LogP contribution is -2.47. The second-order valence-corrected chi connectivity index (χ2v) is 29.9. The highest BCUT2D eigenvalue weighted by Gasteiger charge is 2.46. The third-order valence-electron chi connectivity index (χ3n) is 20.0. The first-order valence-electron chi connectivity index (χ1n) is 34.5. The summed E-state index contributed by atoms with van der Waals surface area (Å²) >= 11 is 0. The Morgan fingerprint density at radius 1 is 0.413 bits per heavy atom. The van der Waals surface area contributed by atoms with E-state index >= 15 is 4.79 Å². The van der Waals surface area contributed by atoms with Crippen LogP contribution in [0.15, 0.2) is 243 Å². The number of hydrogen-bond acceptors (Lipinski definition) is 10. The summed E-state index contributed by atoms with van der Waals surface area (Å²) in [6, 6.07) is 73.8. The van der Waals surface area contributed by atoms with E-state index in [4.69, 9.17) is 9.05 Å². The van der Waals surface area contributed by atoms with Gasteiger partial charge in [-0.2, -0.15) is 0 Å². The lowest BCUT2D eigenvalue weighted by molar-refractivity contribution is 0.0555. The molecular weight excluding hydrogens is 1460 g/mol. The molecule has 0 aliphatic carbocycles. The van der Waals surface area contributed by atoms with Gasteiger partial charge in [0.15, 0.2) is 11.6 Å². The van der Waals surface area contributed by atoms with Gasteiger partial charge in [0.05, 0.1) is 24.3 Å². The predicted molar refractivity (Wildman–Crippen MR) is 427 cm³/mol. The third-order valence-corrected chi connectivity index (χ3v) is 23.6. The molecule has 2 atom stereocenters. The minimum absolute atomic E-state index is 0. The maximum Gasteiger partial charge on any atom is 0.345 e. The number of nitrogens with zero attached hydrogens (tertiary/aromatic N) is 4. The van der Waals surface area contributed by atoms with E-state index in [2.05, 4.69) is 0 Å². The molecule has 2 aliphatic rings. The van der Waals surface area contributed by atoms with Crippen LogP contribution >= 0.6 is 39.2 Å². The molecule has 2 fully saturated rings. The number of piperidine rings is 2. The van der Waals surface area contributed by atoms with Gasteiger partial charge in [0, 0.05) is 76.0 Å². The topological polar surface area (TPSA) is 208 Å². The molecule has 2 heterocycles. The Kier molecular flexibility index (Phi) is 23.7. The molecule has 16 nitrogen and oxygen atoms in total. The Hall–Kier alpha value is -9.55. The zero-order chi connectivity index (χ0) is 71.4. The Labute approximate surface area is 623 Å². The van der Waals surface area contributed by atoms with E-state index in [1.165, 1.54) is 0 Å². The van der Waals surface area contributed by atoms with Gasteiger partial charge in [-0.1, -0.05) is 202 Å². The van der Waals surface area contributed by atoms with Crippen molar-refractivity contribution in [2.45, 2.75) is 70.4 Å². The number of carbonyl (C=O) groups excluding carboxylic acids is 6. The van der Waals surface area contributed by atoms with Crippen LogP contribution < -0.4 is 0 Å². The van der Waals surface area contributed by atoms with E-state index in [0.717, 1.165) is 53.9 Å². The molecule has 2 N–H and O–H groups in total. The van der Waals surface area contributed by atoms with Gasteiger partial charge < -0.3 is 38.4 Å². The highest BCUT2D eigenvalue weighted by atomic mass is 127. The fourth-order valence-corrected chi connectivity index (χ4v) is 17.7. The van der Waals surface area contributed by atoms with Crippen molar-refractivity contribution in [1.82, 2.24) is 19.6 Å². The summed E-state index contributed by atoms with van der Waals surface area (Å²) < 4.78 is 39.6. The quantitative estimate of drug-likeness (QED) is 0.0467. The first-order valence-corrected chi connectivity index (χ1v) is 37.8. The minimum atomic E-state index is -5.05. The van der Waals surface area contributed by atoms with Crippen molar-refractivity contribution in [3.05, 3.63) is 287 Å². The number of amides is 4. The highest BCUT2D eigenvalue weighted by Crippen LogP contribution is 2.63. The number of benzene rings is 12. The van der Waals surface area contributed by atoms with Crippen molar-refractivity contribution in [1.29, 1.82) is 0 Å². The van der Waals surface area contributed by atoms with Crippen LogP contribution in [0.25, 0.3) is 64.6 Å². The van der Waals surface area contributed by atoms with Crippen molar-refractivity contribution >= 4 is 139 Å². The van der Waals surface area contributed by atoms with Crippen molar-refractivity contribution in [3.63, 3.8) is 0 Å². The Bertz CT molecular complexity index is 5350. The largest absolute Gasteiger partial charge is 0.345 e. The predicted octanol–water partition coefficient (Wildman–Crippen LogP) is 18.8. The number of ketones is 2. The highest BCUT2D eigenvalue weighted by molar-refractivity contribution is 14.0. The first kappa shape index (κ1) is 75.6. The number of carbonyl (C=O) groups is 6. The molecule has 534 valence electrons. The number of fused-ring (bicyclic) bond motifs is 6. The summed E-state index contributed by atoms with van der Waals surface area (Å²) in [5.41, 5.74) is -0.730. The van der Waals surface area contributed by atoms with Crippen LogP contribution in [-0.4, -0.2) is 130 Å². The number of likely N-dealkylation sites (tertiary alicyclic amines) is 2. The van der Waals surface area contributed by atoms with E-state index in [1.807, 2.05) is 187 Å². The summed E-state index contributed by atoms with van der Waals surface area (Å²) in [6.45, 7) is 5.48. The van der Waals surface area contributed by atoms with Crippen LogP contribution in [-0.2, 0) is 18.2 Å². The zero-order valence-corrected chi connectivity index (χ0v) is 61.7. The van der Waals surface area contributed by atoms with Crippen molar-refractivity contribution in [2.75, 3.05) is 53.5 Å². The van der Waals surface area contributed by atoms with Crippen LogP contribution in [0.5, 0.6) is 0 Å². The van der Waals surface area contributed by atoms with Crippen LogP contribution in [0.4, 0.5) is 0 Å². The molecular formula is C85H85IN4O12P2. The average Bonchev–Trinajstić information content (AvgIpc) is 0.756. The fraction of sp³-hybridized carbons (Fsp3) is 0.224. The van der Waals surface area contributed by atoms with Crippen LogP contribution in [0, 0.1) is 0 Å². The molecule has 2 unspecified atom stereocenters. The SMILES string of the molecule is C.CCOP(=O)(OCC)C(C(=O)c1cc2ccccc2cc1C(=O)N(C)C1CCN(C(=O)c2ccc3ccccc3c2)CC1)c1cccc2ccccc12.CN(C(=O)c1cc2ccccc2cc1C(=O)C(c1cccc2ccccc12)P(=O)(O)O)C1CCN(C(=O)c2ccc3ccccc3c2)CC1.I.[HH]. The van der Waals surface area contributed by atoms with Gasteiger partial charge >= 0.3 is 15.2 Å². The summed E-state index contributed by atoms with van der Waals surface area (Å²) in [7, 11) is -5.72. The van der Waals surface area contributed by atoms with Crippen molar-refractivity contribution in [3.8, 4) is 0 Å². The normalized spacial score (nSPS) is 14.2. The molecule has 4 amide bonds. The van der Waals surface area contributed by atoms with Gasteiger partial charge in [0.2, 0.25) is 0 Å². The van der Waals surface area contributed by atoms with Gasteiger partial charge in [-0.3, -0.25) is 37.9 Å². The van der Waals surface area contributed by atoms with Gasteiger partial charge in [0.1, 0.15) is 11.3 Å². The summed E-state index contributed by atoms with van der Waals surface area (Å²) in [5, 5.41) is 10.1. The summed E-state index contributed by atoms with van der Waals surface area (Å²) in [5.74, 6) is -2.16. The number of rotatable bonds is 18. The second-order valence-electron chi connectivity index (χ2n) is 26.1. The summed E-state index contributed by atoms with van der Waals surface area (Å²) in [4.78, 5) is 114. The van der Waals surface area contributed by atoms with E-state index in [0.29, 0.717) is 79.3 Å². The smallest absolute Gasteiger partial charge is 0.339 e. The van der Waals surface area contributed by atoms with E-state index < -0.39 is 44.0 Å². The Morgan fingerprint density at radius 2 is 0.712 bits per heavy atom. The van der Waals surface area contributed by atoms with Gasteiger partial charge in [-0.25, -0.2) is 0 Å². The van der Waals surface area contributed by atoms with Crippen molar-refractivity contribution in [2.24, 2.45) is 0 Å². The molecule has 12 aromatic rings. The molecule has 14 rings (SSSR count). The standard InChI is InChI=1S/C44H43N2O6P.C40H35N2O6P.CH4.HI.H2/c1-4-51-53(50,52-5-2)42(38-20-12-18-31-14-10-11-19-37(31)38)41(47)39-28-33-16-8-9-17-34(33)29-40(39)44(49)45(3)36-23-25-46(26-24-36)43(48)35-22-21-30-13-6-7-15-32(30)27-35;1-41(32-19-21-42(22-20-32)39(44)31-18-17-26-9-2-3-11-28(26)23-31)40(45)36-25-30-13-5-4-12-29(30)24-35(36)37(43)38(49(46,47)48)34-16-8-14-27-10-6-7-15-33(27)34;;;/h6-22,27-29,36,42H,4-5,23-26H2,1-3H3;2-18,23-25,32,38H,19-22H2,1H3,(H2,46,47,48);1H4;2*1H. The zero-order valence-electron chi connectivity index (χ0n) is 57.5. The molecule has 0 bridgehead atoms. The van der Waals surface area contributed by atoms with Crippen molar-refractivity contribution < 1.29 is 58.2 Å². The fourth-order valence-electron chi connectivity index (χ4n) is 14.6. The molecule has 2 saturated heterocycles. The molecule has 19 heteroatoms. The van der Waals surface area contributed by atoms with E-state index in [-0.39, 0.29) is 104 Å². The lowest BCUT2D eigenvalue weighted by atomic mass is 9.91. The summed E-state index contributed by atoms with van der Waals surface area (Å²) in [6.07, 6.45) is 2.25. The molecule has 0 spiro atoms. The minimum Gasteiger partial charge on any atom is -0.339 e. The maximum absolute atomic E-state index is 15.1. The van der Waals surface area contributed by atoms with E-state index in [1.54, 1.807) is 103 Å². The first-order chi connectivity index (χ1) is 49.3. The van der Waals surface area contributed by atoms with Crippen LogP contribution in [0.1, 0.15) is 133 Å². The molecule has 0 saturated carbocycles.